The number of hydrogen-bond donors (Lipinski definition) is 2. The van der Waals surface area contributed by atoms with E-state index in [1.165, 1.54) is 6.21 Å². The molecule has 6 nitrogen and oxygen atoms in total. The maximum Gasteiger partial charge on any atom is 0.343 e. The summed E-state index contributed by atoms with van der Waals surface area (Å²) >= 11 is 3.38. The van der Waals surface area contributed by atoms with Gasteiger partial charge in [-0.15, -0.1) is 0 Å². The second kappa shape index (κ2) is 10.4. The molecule has 0 bridgehead atoms. The molecule has 0 spiro atoms. The lowest BCUT2D eigenvalue weighted by Gasteiger charge is -2.08. The number of aryl methyl sites for hydroxylation is 1. The van der Waals surface area contributed by atoms with Gasteiger partial charge < -0.3 is 10.1 Å². The largest absolute Gasteiger partial charge is 0.422 e. The highest BCUT2D eigenvalue weighted by molar-refractivity contribution is 9.10. The summed E-state index contributed by atoms with van der Waals surface area (Å²) in [5, 5.41) is 7.00. The zero-order valence-electron chi connectivity index (χ0n) is 16.3. The molecule has 7 heteroatoms. The fourth-order valence-electron chi connectivity index (χ4n) is 2.51. The number of rotatable bonds is 7. The van der Waals surface area contributed by atoms with E-state index in [9.17, 15) is 9.59 Å². The van der Waals surface area contributed by atoms with Crippen LogP contribution in [0.1, 0.15) is 21.5 Å². The van der Waals surface area contributed by atoms with Gasteiger partial charge in [0.15, 0.2) is 0 Å². The summed E-state index contributed by atoms with van der Waals surface area (Å²) in [7, 11) is 0. The lowest BCUT2D eigenvalue weighted by Crippen LogP contribution is -2.25. The van der Waals surface area contributed by atoms with E-state index in [-0.39, 0.29) is 12.5 Å². The molecule has 0 atom stereocenters. The van der Waals surface area contributed by atoms with Gasteiger partial charge in [0, 0.05) is 15.7 Å². The zero-order valence-corrected chi connectivity index (χ0v) is 17.8. The maximum absolute atomic E-state index is 12.3. The van der Waals surface area contributed by atoms with Gasteiger partial charge in [-0.25, -0.2) is 10.2 Å². The Kier molecular flexibility index (Phi) is 7.34. The number of ether oxygens (including phenoxy) is 1. The Morgan fingerprint density at radius 1 is 1.03 bits per heavy atom. The number of hydrazone groups is 1. The van der Waals surface area contributed by atoms with Crippen molar-refractivity contribution in [2.75, 3.05) is 11.9 Å². The van der Waals surface area contributed by atoms with E-state index in [0.29, 0.717) is 16.9 Å². The predicted molar refractivity (Wildman–Crippen MR) is 121 cm³/mol. The first kappa shape index (κ1) is 21.3. The van der Waals surface area contributed by atoms with Gasteiger partial charge in [-0.2, -0.15) is 5.10 Å². The fraction of sp³-hybridized carbons (Fsp3) is 0.0870. The summed E-state index contributed by atoms with van der Waals surface area (Å²) in [6.45, 7) is 2.08. The number of amides is 1. The van der Waals surface area contributed by atoms with E-state index in [1.807, 2.05) is 37.3 Å². The number of anilines is 1. The van der Waals surface area contributed by atoms with Crippen LogP contribution in [0.3, 0.4) is 0 Å². The van der Waals surface area contributed by atoms with Gasteiger partial charge in [-0.3, -0.25) is 4.79 Å². The minimum absolute atomic E-state index is 0.0781. The fourth-order valence-corrected chi connectivity index (χ4v) is 2.89. The van der Waals surface area contributed by atoms with Crippen LogP contribution in [0.15, 0.2) is 82.4 Å². The molecule has 152 valence electrons. The van der Waals surface area contributed by atoms with Crippen LogP contribution in [0.5, 0.6) is 5.75 Å². The first-order valence-corrected chi connectivity index (χ1v) is 10.00. The molecular weight excluding hydrogens is 446 g/mol. The third-order valence-corrected chi connectivity index (χ3v) is 4.57. The lowest BCUT2D eigenvalue weighted by atomic mass is 10.2. The second-order valence-corrected chi connectivity index (χ2v) is 7.37. The standard InChI is InChI=1S/C23H20BrN3O3/c1-16-7-10-20(11-8-16)25-15-22(28)27-26-14-18-13-19(24)9-12-21(18)30-23(29)17-5-3-2-4-6-17/h2-14,25H,15H2,1H3,(H,27,28)/b26-14-. The van der Waals surface area contributed by atoms with Crippen molar-refractivity contribution < 1.29 is 14.3 Å². The van der Waals surface area contributed by atoms with Crippen LogP contribution in [-0.2, 0) is 4.79 Å². The summed E-state index contributed by atoms with van der Waals surface area (Å²) in [6, 6.07) is 21.6. The van der Waals surface area contributed by atoms with Crippen molar-refractivity contribution in [1.82, 2.24) is 5.43 Å². The van der Waals surface area contributed by atoms with E-state index in [0.717, 1.165) is 15.7 Å². The number of halogens is 1. The number of carbonyl (C=O) groups is 2. The minimum atomic E-state index is -0.473. The molecule has 0 saturated carbocycles. The van der Waals surface area contributed by atoms with Crippen LogP contribution in [-0.4, -0.2) is 24.6 Å². The van der Waals surface area contributed by atoms with Gasteiger partial charge >= 0.3 is 5.97 Å². The van der Waals surface area contributed by atoms with E-state index < -0.39 is 5.97 Å². The lowest BCUT2D eigenvalue weighted by molar-refractivity contribution is -0.119. The molecular formula is C23H20BrN3O3. The van der Waals surface area contributed by atoms with E-state index >= 15 is 0 Å². The average Bonchev–Trinajstić information content (AvgIpc) is 2.75. The molecule has 0 aromatic heterocycles. The van der Waals surface area contributed by atoms with Crippen LogP contribution < -0.4 is 15.5 Å². The molecule has 3 rings (SSSR count). The van der Waals surface area contributed by atoms with Crippen molar-refractivity contribution in [2.24, 2.45) is 5.10 Å². The molecule has 30 heavy (non-hydrogen) atoms. The summed E-state index contributed by atoms with van der Waals surface area (Å²) in [6.07, 6.45) is 1.43. The predicted octanol–water partition coefficient (Wildman–Crippen LogP) is 4.54. The Labute approximate surface area is 183 Å². The third kappa shape index (κ3) is 6.28. The van der Waals surface area contributed by atoms with Crippen molar-refractivity contribution in [2.45, 2.75) is 6.92 Å². The summed E-state index contributed by atoms with van der Waals surface area (Å²) in [5.74, 6) is -0.439. The highest BCUT2D eigenvalue weighted by Crippen LogP contribution is 2.23. The molecule has 0 radical (unpaired) electrons. The van der Waals surface area contributed by atoms with Crippen molar-refractivity contribution in [3.63, 3.8) is 0 Å². The molecule has 3 aromatic rings. The van der Waals surface area contributed by atoms with E-state index in [4.69, 9.17) is 4.74 Å². The van der Waals surface area contributed by atoms with Gasteiger partial charge in [-0.1, -0.05) is 51.8 Å². The Morgan fingerprint density at radius 2 is 1.77 bits per heavy atom. The van der Waals surface area contributed by atoms with Crippen LogP contribution in [0, 0.1) is 6.92 Å². The molecule has 0 fully saturated rings. The molecule has 0 aliphatic heterocycles. The first-order chi connectivity index (χ1) is 14.5. The molecule has 3 aromatic carbocycles. The van der Waals surface area contributed by atoms with E-state index in [2.05, 4.69) is 31.8 Å². The van der Waals surface area contributed by atoms with Gasteiger partial charge in [-0.05, 0) is 49.4 Å². The molecule has 0 saturated heterocycles. The summed E-state index contributed by atoms with van der Waals surface area (Å²) in [4.78, 5) is 24.3. The minimum Gasteiger partial charge on any atom is -0.422 e. The third-order valence-electron chi connectivity index (χ3n) is 4.08. The first-order valence-electron chi connectivity index (χ1n) is 9.20. The number of hydrogen-bond acceptors (Lipinski definition) is 5. The van der Waals surface area contributed by atoms with Crippen LogP contribution in [0.4, 0.5) is 5.69 Å². The molecule has 0 aliphatic carbocycles. The number of carbonyl (C=O) groups excluding carboxylic acids is 2. The van der Waals surface area contributed by atoms with Crippen LogP contribution >= 0.6 is 15.9 Å². The maximum atomic E-state index is 12.3. The number of benzene rings is 3. The Balaban J connectivity index is 1.60. The molecule has 2 N–H and O–H groups in total. The molecule has 1 amide bonds. The van der Waals surface area contributed by atoms with Crippen molar-refractivity contribution in [3.8, 4) is 5.75 Å². The van der Waals surface area contributed by atoms with Crippen LogP contribution in [0.2, 0.25) is 0 Å². The topological polar surface area (TPSA) is 79.8 Å². The molecule has 0 unspecified atom stereocenters. The van der Waals surface area contributed by atoms with Crippen molar-refractivity contribution in [1.29, 1.82) is 0 Å². The summed E-state index contributed by atoms with van der Waals surface area (Å²) < 4.78 is 6.27. The highest BCUT2D eigenvalue weighted by atomic mass is 79.9. The number of esters is 1. The van der Waals surface area contributed by atoms with Gasteiger partial charge in [0.2, 0.25) is 0 Å². The Morgan fingerprint density at radius 3 is 2.50 bits per heavy atom. The van der Waals surface area contributed by atoms with Crippen molar-refractivity contribution in [3.05, 3.63) is 94.0 Å². The van der Waals surface area contributed by atoms with E-state index in [1.54, 1.807) is 42.5 Å². The number of nitrogens with one attached hydrogen (secondary N) is 2. The second-order valence-electron chi connectivity index (χ2n) is 6.45. The van der Waals surface area contributed by atoms with Crippen molar-refractivity contribution >= 4 is 39.7 Å². The number of nitrogens with zero attached hydrogens (tertiary/aromatic N) is 1. The molecule has 0 aliphatic rings. The Bertz CT molecular complexity index is 1050. The molecule has 0 heterocycles. The zero-order chi connectivity index (χ0) is 21.3. The highest BCUT2D eigenvalue weighted by Gasteiger charge is 2.11. The van der Waals surface area contributed by atoms with Gasteiger partial charge in [0.25, 0.3) is 5.91 Å². The van der Waals surface area contributed by atoms with Gasteiger partial charge in [0.05, 0.1) is 18.3 Å². The normalized spacial score (nSPS) is 10.6. The smallest absolute Gasteiger partial charge is 0.343 e. The van der Waals surface area contributed by atoms with Crippen LogP contribution in [0.25, 0.3) is 0 Å². The monoisotopic (exact) mass is 465 g/mol. The SMILES string of the molecule is Cc1ccc(NCC(=O)N/N=C\c2cc(Br)ccc2OC(=O)c2ccccc2)cc1. The van der Waals surface area contributed by atoms with Gasteiger partial charge in [0.1, 0.15) is 5.75 Å². The Hall–Kier alpha value is -3.45. The summed E-state index contributed by atoms with van der Waals surface area (Å²) in [5.41, 5.74) is 5.44. The quantitative estimate of drug-likeness (QED) is 0.232. The average molecular weight is 466 g/mol.